The van der Waals surface area contributed by atoms with E-state index in [2.05, 4.69) is 37.5 Å². The molecule has 0 unspecified atom stereocenters. The first-order chi connectivity index (χ1) is 10.4. The molecular formula is C18H28N2O2. The number of esters is 1. The van der Waals surface area contributed by atoms with E-state index in [0.717, 1.165) is 19.6 Å². The van der Waals surface area contributed by atoms with Gasteiger partial charge in [-0.2, -0.15) is 0 Å². The van der Waals surface area contributed by atoms with Crippen LogP contribution in [0.1, 0.15) is 43.6 Å². The summed E-state index contributed by atoms with van der Waals surface area (Å²) >= 11 is 0. The van der Waals surface area contributed by atoms with E-state index in [1.807, 2.05) is 24.3 Å². The zero-order chi connectivity index (χ0) is 16.3. The number of rotatable bonds is 4. The van der Waals surface area contributed by atoms with E-state index >= 15 is 0 Å². The summed E-state index contributed by atoms with van der Waals surface area (Å²) in [6, 6.07) is 9.42. The van der Waals surface area contributed by atoms with E-state index in [1.54, 1.807) is 0 Å². The molecule has 0 aliphatic carbocycles. The highest BCUT2D eigenvalue weighted by Crippen LogP contribution is 2.20. The van der Waals surface area contributed by atoms with E-state index in [0.29, 0.717) is 23.7 Å². The molecule has 1 aliphatic rings. The minimum absolute atomic E-state index is 0.279. The summed E-state index contributed by atoms with van der Waals surface area (Å²) in [4.78, 5) is 16.6. The Labute approximate surface area is 134 Å². The molecule has 0 saturated carbocycles. The van der Waals surface area contributed by atoms with Crippen molar-refractivity contribution in [3.8, 4) is 0 Å². The third-order valence-electron chi connectivity index (χ3n) is 4.60. The summed E-state index contributed by atoms with van der Waals surface area (Å²) in [5, 5.41) is 0. The molecule has 1 saturated heterocycles. The Bertz CT molecular complexity index is 486. The molecule has 1 fully saturated rings. The number of benzene rings is 1. The molecule has 0 aromatic heterocycles. The largest absolute Gasteiger partial charge is 0.465 e. The summed E-state index contributed by atoms with van der Waals surface area (Å²) in [6.45, 7) is 12.3. The number of ether oxygens (including phenoxy) is 1. The van der Waals surface area contributed by atoms with Crippen LogP contribution in [0.15, 0.2) is 24.3 Å². The molecule has 1 aromatic carbocycles. The van der Waals surface area contributed by atoms with Crippen molar-refractivity contribution in [2.75, 3.05) is 20.2 Å². The van der Waals surface area contributed by atoms with Gasteiger partial charge >= 0.3 is 5.97 Å². The monoisotopic (exact) mass is 304 g/mol. The van der Waals surface area contributed by atoms with Gasteiger partial charge in [0.2, 0.25) is 0 Å². The molecule has 0 spiro atoms. The zero-order valence-corrected chi connectivity index (χ0v) is 14.4. The minimum Gasteiger partial charge on any atom is -0.465 e. The van der Waals surface area contributed by atoms with E-state index in [1.165, 1.54) is 12.7 Å². The summed E-state index contributed by atoms with van der Waals surface area (Å²) in [5.74, 6) is -0.279. The third kappa shape index (κ3) is 3.87. The molecule has 1 heterocycles. The van der Waals surface area contributed by atoms with Crippen molar-refractivity contribution < 1.29 is 9.53 Å². The fraction of sp³-hybridized carbons (Fsp3) is 0.611. The van der Waals surface area contributed by atoms with Crippen molar-refractivity contribution in [1.29, 1.82) is 0 Å². The molecule has 0 N–H and O–H groups in total. The standard InChI is InChI=1S/C18H28N2O2/c1-13(2)19-10-14(3)20(15(4)11-19)12-16-6-8-17(9-7-16)18(21)22-5/h6-9,13-15H,10-12H2,1-5H3/t14-,15+. The van der Waals surface area contributed by atoms with Crippen LogP contribution in [-0.4, -0.2) is 54.1 Å². The fourth-order valence-electron chi connectivity index (χ4n) is 3.21. The summed E-state index contributed by atoms with van der Waals surface area (Å²) < 4.78 is 4.74. The maximum Gasteiger partial charge on any atom is 0.337 e. The average Bonchev–Trinajstić information content (AvgIpc) is 2.50. The van der Waals surface area contributed by atoms with Gasteiger partial charge in [0.25, 0.3) is 0 Å². The minimum atomic E-state index is -0.279. The molecule has 0 amide bonds. The molecule has 4 heteroatoms. The number of carbonyl (C=O) groups is 1. The molecule has 1 aromatic rings. The second kappa shape index (κ2) is 7.25. The second-order valence-electron chi connectivity index (χ2n) is 6.61. The van der Waals surface area contributed by atoms with Gasteiger partial charge in [0.05, 0.1) is 12.7 Å². The van der Waals surface area contributed by atoms with E-state index in [-0.39, 0.29) is 5.97 Å². The summed E-state index contributed by atoms with van der Waals surface area (Å²) in [5.41, 5.74) is 1.85. The van der Waals surface area contributed by atoms with E-state index in [4.69, 9.17) is 4.74 Å². The van der Waals surface area contributed by atoms with Gasteiger partial charge in [0, 0.05) is 37.8 Å². The first-order valence-corrected chi connectivity index (χ1v) is 8.09. The van der Waals surface area contributed by atoms with Crippen LogP contribution >= 0.6 is 0 Å². The smallest absolute Gasteiger partial charge is 0.337 e. The molecule has 22 heavy (non-hydrogen) atoms. The van der Waals surface area contributed by atoms with Gasteiger partial charge in [-0.3, -0.25) is 9.80 Å². The topological polar surface area (TPSA) is 32.8 Å². The van der Waals surface area contributed by atoms with Crippen molar-refractivity contribution >= 4 is 5.97 Å². The van der Waals surface area contributed by atoms with Crippen molar-refractivity contribution in [1.82, 2.24) is 9.80 Å². The van der Waals surface area contributed by atoms with Gasteiger partial charge in [-0.1, -0.05) is 12.1 Å². The van der Waals surface area contributed by atoms with Crippen LogP contribution < -0.4 is 0 Å². The van der Waals surface area contributed by atoms with Crippen LogP contribution in [-0.2, 0) is 11.3 Å². The molecule has 4 nitrogen and oxygen atoms in total. The fourth-order valence-corrected chi connectivity index (χ4v) is 3.21. The highest BCUT2D eigenvalue weighted by molar-refractivity contribution is 5.89. The normalized spacial score (nSPS) is 23.7. The van der Waals surface area contributed by atoms with Crippen LogP contribution in [0.25, 0.3) is 0 Å². The van der Waals surface area contributed by atoms with Crippen molar-refractivity contribution in [3.05, 3.63) is 35.4 Å². The number of piperazine rings is 1. The Morgan fingerprint density at radius 1 is 1.18 bits per heavy atom. The summed E-state index contributed by atoms with van der Waals surface area (Å²) in [7, 11) is 1.41. The molecule has 1 aliphatic heterocycles. The van der Waals surface area contributed by atoms with Crippen LogP contribution in [0.2, 0.25) is 0 Å². The van der Waals surface area contributed by atoms with Gasteiger partial charge in [0.1, 0.15) is 0 Å². The summed E-state index contributed by atoms with van der Waals surface area (Å²) in [6.07, 6.45) is 0. The number of hydrogen-bond acceptors (Lipinski definition) is 4. The molecule has 122 valence electrons. The van der Waals surface area contributed by atoms with Crippen LogP contribution in [0.5, 0.6) is 0 Å². The quantitative estimate of drug-likeness (QED) is 0.801. The van der Waals surface area contributed by atoms with Gasteiger partial charge in [0.15, 0.2) is 0 Å². The van der Waals surface area contributed by atoms with E-state index < -0.39 is 0 Å². The molecule has 0 bridgehead atoms. The van der Waals surface area contributed by atoms with Crippen LogP contribution in [0, 0.1) is 0 Å². The van der Waals surface area contributed by atoms with E-state index in [9.17, 15) is 4.79 Å². The highest BCUT2D eigenvalue weighted by atomic mass is 16.5. The maximum absolute atomic E-state index is 11.5. The van der Waals surface area contributed by atoms with Crippen molar-refractivity contribution in [3.63, 3.8) is 0 Å². The number of nitrogens with zero attached hydrogens (tertiary/aromatic N) is 2. The third-order valence-corrected chi connectivity index (χ3v) is 4.60. The van der Waals surface area contributed by atoms with Crippen molar-refractivity contribution in [2.45, 2.75) is 52.4 Å². The molecular weight excluding hydrogens is 276 g/mol. The van der Waals surface area contributed by atoms with Gasteiger partial charge in [-0.25, -0.2) is 4.79 Å². The van der Waals surface area contributed by atoms with Crippen molar-refractivity contribution in [2.24, 2.45) is 0 Å². The Kier molecular flexibility index (Phi) is 5.59. The Morgan fingerprint density at radius 2 is 1.73 bits per heavy atom. The second-order valence-corrected chi connectivity index (χ2v) is 6.61. The number of hydrogen-bond donors (Lipinski definition) is 0. The predicted molar refractivity (Wildman–Crippen MR) is 89.0 cm³/mol. The number of methoxy groups -OCH3 is 1. The first kappa shape index (κ1) is 17.0. The molecule has 2 atom stereocenters. The lowest BCUT2D eigenvalue weighted by Crippen LogP contribution is -2.57. The number of carbonyl (C=O) groups excluding carboxylic acids is 1. The van der Waals surface area contributed by atoms with Crippen LogP contribution in [0.3, 0.4) is 0 Å². The first-order valence-electron chi connectivity index (χ1n) is 8.09. The lowest BCUT2D eigenvalue weighted by Gasteiger charge is -2.46. The SMILES string of the molecule is COC(=O)c1ccc(CN2[C@H](C)CN(C(C)C)C[C@@H]2C)cc1. The van der Waals surface area contributed by atoms with Gasteiger partial charge in [-0.05, 0) is 45.4 Å². The maximum atomic E-state index is 11.5. The average molecular weight is 304 g/mol. The lowest BCUT2D eigenvalue weighted by molar-refractivity contribution is 0.0183. The van der Waals surface area contributed by atoms with Gasteiger partial charge < -0.3 is 4.74 Å². The Balaban J connectivity index is 2.02. The lowest BCUT2D eigenvalue weighted by atomic mass is 10.0. The Morgan fingerprint density at radius 3 is 2.18 bits per heavy atom. The molecule has 0 radical (unpaired) electrons. The van der Waals surface area contributed by atoms with Crippen LogP contribution in [0.4, 0.5) is 0 Å². The Hall–Kier alpha value is -1.39. The molecule has 2 rings (SSSR count). The predicted octanol–water partition coefficient (Wildman–Crippen LogP) is 2.78. The van der Waals surface area contributed by atoms with Gasteiger partial charge in [-0.15, -0.1) is 0 Å². The zero-order valence-electron chi connectivity index (χ0n) is 14.4. The highest BCUT2D eigenvalue weighted by Gasteiger charge is 2.30.